The first-order valence-electron chi connectivity index (χ1n) is 19.6. The Morgan fingerprint density at radius 1 is 0.719 bits per heavy atom. The van der Waals surface area contributed by atoms with Gasteiger partial charge in [0.05, 0.1) is 46.2 Å². The molecular formula is C44H52N6O7. The molecule has 13 nitrogen and oxygen atoms in total. The van der Waals surface area contributed by atoms with Crippen LogP contribution in [0.4, 0.5) is 21.0 Å². The number of amides is 4. The lowest BCUT2D eigenvalue weighted by atomic mass is 9.91. The van der Waals surface area contributed by atoms with Crippen LogP contribution in [0.25, 0.3) is 0 Å². The number of rotatable bonds is 6. The Bertz CT molecular complexity index is 2310. The summed E-state index contributed by atoms with van der Waals surface area (Å²) in [4.78, 5) is 75.7. The van der Waals surface area contributed by atoms with Crippen LogP contribution >= 0.6 is 0 Å². The zero-order valence-corrected chi connectivity index (χ0v) is 34.5. The number of carbonyl (C=O) groups is 5. The van der Waals surface area contributed by atoms with Crippen molar-refractivity contribution in [3.05, 3.63) is 95.1 Å². The molecule has 0 saturated heterocycles. The minimum atomic E-state index is -0.826. The van der Waals surface area contributed by atoms with Gasteiger partial charge in [0.15, 0.2) is 0 Å². The van der Waals surface area contributed by atoms with Crippen molar-refractivity contribution in [2.24, 2.45) is 14.1 Å². The summed E-state index contributed by atoms with van der Waals surface area (Å²) in [6.45, 7) is 14.4. The molecule has 4 heterocycles. The smallest absolute Gasteiger partial charge is 0.421 e. The maximum atomic E-state index is 13.5. The van der Waals surface area contributed by atoms with E-state index in [2.05, 4.69) is 23.0 Å². The van der Waals surface area contributed by atoms with Gasteiger partial charge in [0, 0.05) is 44.7 Å². The second-order valence-corrected chi connectivity index (χ2v) is 18.0. The summed E-state index contributed by atoms with van der Waals surface area (Å²) in [5.74, 6) is -0.540. The molecule has 0 N–H and O–H groups in total. The van der Waals surface area contributed by atoms with Gasteiger partial charge >= 0.3 is 12.2 Å². The van der Waals surface area contributed by atoms with Crippen molar-refractivity contribution in [3.63, 3.8) is 0 Å². The number of anilines is 2. The van der Waals surface area contributed by atoms with Crippen molar-refractivity contribution in [2.45, 2.75) is 121 Å². The molecule has 4 amide bonds. The Morgan fingerprint density at radius 3 is 1.51 bits per heavy atom. The van der Waals surface area contributed by atoms with Gasteiger partial charge in [-0.2, -0.15) is 0 Å². The number of hydrogen-bond acceptors (Lipinski definition) is 9. The van der Waals surface area contributed by atoms with Crippen LogP contribution in [-0.4, -0.2) is 60.1 Å². The van der Waals surface area contributed by atoms with Gasteiger partial charge in [0.2, 0.25) is 11.8 Å². The lowest BCUT2D eigenvalue weighted by molar-refractivity contribution is -0.121. The first kappa shape index (κ1) is 39.6. The Balaban J connectivity index is 0.000000174. The summed E-state index contributed by atoms with van der Waals surface area (Å²) in [6.07, 6.45) is 9.55. The lowest BCUT2D eigenvalue weighted by Crippen LogP contribution is -2.41. The summed E-state index contributed by atoms with van der Waals surface area (Å²) in [6, 6.07) is 11.4. The number of benzene rings is 2. The molecule has 57 heavy (non-hydrogen) atoms. The molecule has 0 radical (unpaired) electrons. The summed E-state index contributed by atoms with van der Waals surface area (Å²) in [5.41, 5.74) is 3.74. The normalized spacial score (nSPS) is 23.0. The van der Waals surface area contributed by atoms with E-state index in [0.29, 0.717) is 24.2 Å². The third-order valence-corrected chi connectivity index (χ3v) is 11.0. The highest BCUT2D eigenvalue weighted by molar-refractivity contribution is 6.24. The molecule has 4 aromatic rings. The lowest BCUT2D eigenvalue weighted by Gasteiger charge is -2.24. The van der Waals surface area contributed by atoms with Crippen molar-refractivity contribution < 1.29 is 33.4 Å². The Labute approximate surface area is 333 Å². The van der Waals surface area contributed by atoms with Gasteiger partial charge in [-0.25, -0.2) is 29.4 Å². The largest absolute Gasteiger partial charge is 0.443 e. The van der Waals surface area contributed by atoms with Crippen molar-refractivity contribution >= 4 is 41.2 Å². The summed E-state index contributed by atoms with van der Waals surface area (Å²) >= 11 is 0. The van der Waals surface area contributed by atoms with E-state index in [1.807, 2.05) is 53.8 Å². The number of Topliss-reactive ketones (excluding diaryl/α,β-unsaturated/α-hetero) is 1. The maximum absolute atomic E-state index is 13.5. The maximum Gasteiger partial charge on any atom is 0.421 e. The van der Waals surface area contributed by atoms with E-state index in [9.17, 15) is 24.0 Å². The molecule has 2 fully saturated rings. The monoisotopic (exact) mass is 776 g/mol. The fraction of sp³-hybridized carbons (Fsp3) is 0.477. The molecule has 300 valence electrons. The number of fused-ring (bicyclic) bond motifs is 4. The van der Waals surface area contributed by atoms with Gasteiger partial charge in [0.1, 0.15) is 17.0 Å². The van der Waals surface area contributed by atoms with E-state index in [-0.39, 0.29) is 35.9 Å². The number of aryl methyl sites for hydroxylation is 3. The van der Waals surface area contributed by atoms with E-state index in [4.69, 9.17) is 9.47 Å². The van der Waals surface area contributed by atoms with Gasteiger partial charge in [-0.05, 0) is 102 Å². The predicted molar refractivity (Wildman–Crippen MR) is 213 cm³/mol. The third-order valence-electron chi connectivity index (χ3n) is 11.0. The van der Waals surface area contributed by atoms with Crippen LogP contribution in [0.3, 0.4) is 0 Å². The Hall–Kier alpha value is -5.59. The predicted octanol–water partition coefficient (Wildman–Crippen LogP) is 7.34. The number of hydrogen-bond donors (Lipinski definition) is 0. The van der Waals surface area contributed by atoms with E-state index in [1.165, 1.54) is 17.4 Å². The molecule has 4 unspecified atom stereocenters. The molecule has 4 atom stereocenters. The average Bonchev–Trinajstić information content (AvgIpc) is 3.85. The van der Waals surface area contributed by atoms with Gasteiger partial charge in [-0.15, -0.1) is 0 Å². The molecule has 2 saturated carbocycles. The quantitative estimate of drug-likeness (QED) is 0.196. The first-order valence-corrected chi connectivity index (χ1v) is 19.6. The Morgan fingerprint density at radius 2 is 1.14 bits per heavy atom. The van der Waals surface area contributed by atoms with E-state index in [1.54, 1.807) is 66.3 Å². The van der Waals surface area contributed by atoms with Crippen molar-refractivity contribution in [2.75, 3.05) is 9.80 Å². The number of nitrogens with zero attached hydrogens (tertiary/aromatic N) is 6. The fourth-order valence-corrected chi connectivity index (χ4v) is 8.47. The van der Waals surface area contributed by atoms with Crippen LogP contribution in [-0.2, 0) is 61.6 Å². The highest BCUT2D eigenvalue weighted by atomic mass is 16.6. The van der Waals surface area contributed by atoms with Crippen LogP contribution in [0, 0.1) is 0 Å². The van der Waals surface area contributed by atoms with Gasteiger partial charge in [-0.3, -0.25) is 14.4 Å². The highest BCUT2D eigenvalue weighted by Crippen LogP contribution is 2.67. The minimum absolute atomic E-state index is 0.00994. The van der Waals surface area contributed by atoms with E-state index >= 15 is 0 Å². The third kappa shape index (κ3) is 7.05. The second-order valence-electron chi connectivity index (χ2n) is 18.0. The number of imidazole rings is 2. The van der Waals surface area contributed by atoms with Crippen LogP contribution in [0.1, 0.15) is 120 Å². The van der Waals surface area contributed by atoms with E-state index < -0.39 is 34.2 Å². The van der Waals surface area contributed by atoms with Crippen molar-refractivity contribution in [3.8, 4) is 0 Å². The van der Waals surface area contributed by atoms with Gasteiger partial charge < -0.3 is 18.6 Å². The zero-order valence-electron chi connectivity index (χ0n) is 34.5. The molecule has 2 aromatic carbocycles. The minimum Gasteiger partial charge on any atom is -0.443 e. The molecule has 4 aliphatic rings. The van der Waals surface area contributed by atoms with Crippen LogP contribution < -0.4 is 9.80 Å². The number of carbonyl (C=O) groups excluding carboxylic acids is 5. The molecule has 13 heteroatoms. The molecule has 2 aliphatic heterocycles. The fourth-order valence-electron chi connectivity index (χ4n) is 8.47. The topological polar surface area (TPSA) is 146 Å². The van der Waals surface area contributed by atoms with Crippen LogP contribution in [0.5, 0.6) is 0 Å². The molecular weight excluding hydrogens is 725 g/mol. The molecule has 0 bridgehead atoms. The van der Waals surface area contributed by atoms with Gasteiger partial charge in [0.25, 0.3) is 0 Å². The summed E-state index contributed by atoms with van der Waals surface area (Å²) in [5, 5.41) is 0. The molecule has 2 aliphatic carbocycles. The zero-order chi connectivity index (χ0) is 41.4. The molecule has 2 aromatic heterocycles. The van der Waals surface area contributed by atoms with Crippen LogP contribution in [0.15, 0.2) is 61.4 Å². The Kier molecular flexibility index (Phi) is 9.60. The van der Waals surface area contributed by atoms with Crippen LogP contribution in [0.2, 0.25) is 0 Å². The summed E-state index contributed by atoms with van der Waals surface area (Å²) < 4.78 is 14.8. The van der Waals surface area contributed by atoms with Gasteiger partial charge in [-0.1, -0.05) is 37.6 Å². The highest BCUT2D eigenvalue weighted by Gasteiger charge is 2.70. The average molecular weight is 777 g/mol. The number of imide groups is 2. The molecule has 2 spiro atoms. The van der Waals surface area contributed by atoms with E-state index in [0.717, 1.165) is 45.8 Å². The summed E-state index contributed by atoms with van der Waals surface area (Å²) in [7, 11) is 3.80. The van der Waals surface area contributed by atoms with Crippen molar-refractivity contribution in [1.29, 1.82) is 0 Å². The number of ether oxygens (including phenoxy) is 2. The van der Waals surface area contributed by atoms with Crippen molar-refractivity contribution in [1.82, 2.24) is 19.1 Å². The molecule has 8 rings (SSSR count). The second kappa shape index (κ2) is 13.8. The standard InChI is InChI=1S/C22H25N3O4.C22H27N3O3/c1-13(26)8-14-6-7-18-15(9-14)22(10-16(22)17-11-24(5)12-23-17)19(27)25(18)20(28)29-21(2,3)4;1-6-7-14-8-9-18-15(10-14)22(11-16(22)17-12-24(5)13-23-17)19(26)25(18)20(27)28-21(2,3)4/h6-7,9,11-12,16H,8,10H2,1-5H3;8-10,12-13,16H,6-7,11H2,1-5H3. The SMILES string of the molecule is CC(=O)Cc1ccc2c(c1)C1(CC1c1cn(C)cn1)C(=O)N2C(=O)OC(C)(C)C.CCCc1ccc2c(c1)C1(CC1c1cn(C)cn1)C(=O)N2C(=O)OC(C)(C)C. The number of ketones is 1. The number of aromatic nitrogens is 4. The first-order chi connectivity index (χ1) is 26.7.